The Morgan fingerprint density at radius 1 is 1.21 bits per heavy atom. The van der Waals surface area contributed by atoms with Crippen molar-refractivity contribution in [2.24, 2.45) is 0 Å². The van der Waals surface area contributed by atoms with Crippen molar-refractivity contribution in [2.45, 2.75) is 6.42 Å². The van der Waals surface area contributed by atoms with E-state index < -0.39 is 10.0 Å². The molecule has 0 saturated heterocycles. The second-order valence-corrected chi connectivity index (χ2v) is 5.95. The highest BCUT2D eigenvalue weighted by atomic mass is 35.5. The average molecular weight is 299 g/mol. The van der Waals surface area contributed by atoms with Crippen molar-refractivity contribution >= 4 is 27.4 Å². The molecule has 1 N–H and O–H groups in total. The highest BCUT2D eigenvalue weighted by Crippen LogP contribution is 2.10. The van der Waals surface area contributed by atoms with Gasteiger partial charge in [-0.25, -0.2) is 18.4 Å². The Hall–Kier alpha value is -1.73. The van der Waals surface area contributed by atoms with Gasteiger partial charge in [-0.15, -0.1) is 0 Å². The minimum absolute atomic E-state index is 0.0777. The normalized spacial score (nSPS) is 11.2. The number of pyridine rings is 1. The molecule has 2 heterocycles. The minimum atomic E-state index is -3.49. The molecule has 2 aromatic heterocycles. The van der Waals surface area contributed by atoms with Gasteiger partial charge in [-0.05, 0) is 12.1 Å². The molecule has 0 aliphatic carbocycles. The summed E-state index contributed by atoms with van der Waals surface area (Å²) in [5.74, 6) is 0.0760. The number of halogens is 1. The number of rotatable bonds is 5. The molecular weight excluding hydrogens is 288 g/mol. The molecule has 0 aliphatic rings. The molecule has 0 unspecified atom stereocenters. The largest absolute Gasteiger partial charge is 0.267 e. The smallest absolute Gasteiger partial charge is 0.234 e. The summed E-state index contributed by atoms with van der Waals surface area (Å²) < 4.78 is 26.0. The van der Waals surface area contributed by atoms with E-state index in [0.29, 0.717) is 12.1 Å². The van der Waals surface area contributed by atoms with E-state index in [9.17, 15) is 8.42 Å². The number of nitrogens with one attached hydrogen (secondary N) is 1. The van der Waals surface area contributed by atoms with Crippen molar-refractivity contribution in [3.63, 3.8) is 0 Å². The first kappa shape index (κ1) is 13.7. The molecule has 0 radical (unpaired) electrons. The van der Waals surface area contributed by atoms with Crippen molar-refractivity contribution in [3.05, 3.63) is 47.6 Å². The van der Waals surface area contributed by atoms with Crippen LogP contribution in [0.1, 0.15) is 5.69 Å². The number of aromatic nitrogens is 3. The quantitative estimate of drug-likeness (QED) is 0.846. The van der Waals surface area contributed by atoms with Gasteiger partial charge in [0.15, 0.2) is 0 Å². The molecule has 6 nitrogen and oxygen atoms in total. The van der Waals surface area contributed by atoms with Gasteiger partial charge in [0.2, 0.25) is 10.0 Å². The van der Waals surface area contributed by atoms with E-state index in [0.717, 1.165) is 0 Å². The van der Waals surface area contributed by atoms with E-state index in [1.165, 1.54) is 12.4 Å². The fraction of sp³-hybridized carbons (Fsp3) is 0.182. The lowest BCUT2D eigenvalue weighted by Crippen LogP contribution is -2.19. The van der Waals surface area contributed by atoms with Crippen LogP contribution in [0.15, 0.2) is 36.8 Å². The number of hydrogen-bond donors (Lipinski definition) is 1. The van der Waals surface area contributed by atoms with Crippen molar-refractivity contribution in [3.8, 4) is 0 Å². The van der Waals surface area contributed by atoms with Gasteiger partial charge in [0.05, 0.1) is 5.75 Å². The third-order valence-corrected chi connectivity index (χ3v) is 3.72. The lowest BCUT2D eigenvalue weighted by atomic mass is 10.3. The van der Waals surface area contributed by atoms with E-state index in [1.54, 1.807) is 18.3 Å². The predicted molar refractivity (Wildman–Crippen MR) is 72.4 cm³/mol. The Balaban J connectivity index is 1.99. The molecule has 2 rings (SSSR count). The van der Waals surface area contributed by atoms with E-state index in [1.807, 2.05) is 6.07 Å². The molecule has 0 aliphatic heterocycles. The Morgan fingerprint density at radius 3 is 2.74 bits per heavy atom. The highest BCUT2D eigenvalue weighted by molar-refractivity contribution is 7.92. The van der Waals surface area contributed by atoms with Gasteiger partial charge in [0.25, 0.3) is 0 Å². The van der Waals surface area contributed by atoms with E-state index in [4.69, 9.17) is 11.6 Å². The average Bonchev–Trinajstić information content (AvgIpc) is 2.37. The van der Waals surface area contributed by atoms with Crippen LogP contribution in [0.25, 0.3) is 0 Å². The number of sulfonamides is 1. The van der Waals surface area contributed by atoms with Crippen LogP contribution in [0.3, 0.4) is 0 Å². The van der Waals surface area contributed by atoms with Gasteiger partial charge in [-0.3, -0.25) is 9.71 Å². The van der Waals surface area contributed by atoms with Crippen LogP contribution in [0, 0.1) is 0 Å². The Labute approximate surface area is 115 Å². The van der Waals surface area contributed by atoms with Gasteiger partial charge in [0.1, 0.15) is 17.3 Å². The topological polar surface area (TPSA) is 84.8 Å². The predicted octanol–water partition coefficient (Wildman–Crippen LogP) is 1.51. The third-order valence-electron chi connectivity index (χ3n) is 2.25. The molecule has 8 heteroatoms. The Morgan fingerprint density at radius 2 is 2.05 bits per heavy atom. The molecule has 2 aromatic rings. The van der Waals surface area contributed by atoms with Crippen molar-refractivity contribution in [1.29, 1.82) is 0 Å². The van der Waals surface area contributed by atoms with Gasteiger partial charge in [-0.2, -0.15) is 0 Å². The summed E-state index contributed by atoms with van der Waals surface area (Å²) in [6.07, 6.45) is 3.15. The van der Waals surface area contributed by atoms with Crippen LogP contribution in [0.2, 0.25) is 5.15 Å². The molecule has 19 heavy (non-hydrogen) atoms. The van der Waals surface area contributed by atoms with Crippen molar-refractivity contribution < 1.29 is 8.42 Å². The fourth-order valence-corrected chi connectivity index (χ4v) is 2.54. The molecule has 0 fully saturated rings. The van der Waals surface area contributed by atoms with Gasteiger partial charge < -0.3 is 0 Å². The number of hydrogen-bond acceptors (Lipinski definition) is 5. The van der Waals surface area contributed by atoms with Crippen LogP contribution in [0.4, 0.5) is 5.82 Å². The van der Waals surface area contributed by atoms with Crippen LogP contribution in [0.5, 0.6) is 0 Å². The zero-order chi connectivity index (χ0) is 13.7. The van der Waals surface area contributed by atoms with Crippen molar-refractivity contribution in [2.75, 3.05) is 10.5 Å². The lowest BCUT2D eigenvalue weighted by molar-refractivity contribution is 0.600. The van der Waals surface area contributed by atoms with E-state index in [-0.39, 0.29) is 16.7 Å². The molecule has 0 spiro atoms. The first-order valence-electron chi connectivity index (χ1n) is 5.43. The first-order chi connectivity index (χ1) is 9.05. The van der Waals surface area contributed by atoms with Gasteiger partial charge >= 0.3 is 0 Å². The zero-order valence-electron chi connectivity index (χ0n) is 9.82. The maximum absolute atomic E-state index is 11.8. The third kappa shape index (κ3) is 4.46. The molecule has 0 atom stereocenters. The maximum atomic E-state index is 11.8. The molecule has 0 saturated carbocycles. The van der Waals surface area contributed by atoms with Gasteiger partial charge in [-0.1, -0.05) is 17.7 Å². The molecule has 0 aromatic carbocycles. The lowest BCUT2D eigenvalue weighted by Gasteiger charge is -2.06. The zero-order valence-corrected chi connectivity index (χ0v) is 11.4. The summed E-state index contributed by atoms with van der Waals surface area (Å²) in [5.41, 5.74) is 0.716. The van der Waals surface area contributed by atoms with E-state index >= 15 is 0 Å². The van der Waals surface area contributed by atoms with Gasteiger partial charge in [0, 0.05) is 24.4 Å². The second-order valence-electron chi connectivity index (χ2n) is 3.72. The minimum Gasteiger partial charge on any atom is -0.267 e. The van der Waals surface area contributed by atoms with Crippen molar-refractivity contribution in [1.82, 2.24) is 15.0 Å². The summed E-state index contributed by atoms with van der Waals surface area (Å²) in [6.45, 7) is 0. The van der Waals surface area contributed by atoms with Crippen LogP contribution < -0.4 is 4.72 Å². The number of anilines is 1. The summed E-state index contributed by atoms with van der Waals surface area (Å²) >= 11 is 5.65. The fourth-order valence-electron chi connectivity index (χ4n) is 1.38. The standard InChI is InChI=1S/C11H11ClN4O2S/c12-10-7-11(15-8-14-10)16-19(17,18)6-4-9-3-1-2-5-13-9/h1-3,5,7-8H,4,6H2,(H,14,15,16). The number of nitrogens with zero attached hydrogens (tertiary/aromatic N) is 3. The molecule has 0 bridgehead atoms. The Kier molecular flexibility index (Phi) is 4.28. The van der Waals surface area contributed by atoms with Crippen LogP contribution in [-0.2, 0) is 16.4 Å². The SMILES string of the molecule is O=S(=O)(CCc1ccccn1)Nc1cc(Cl)ncn1. The summed E-state index contributed by atoms with van der Waals surface area (Å²) in [4.78, 5) is 11.5. The first-order valence-corrected chi connectivity index (χ1v) is 7.46. The highest BCUT2D eigenvalue weighted by Gasteiger charge is 2.12. The summed E-state index contributed by atoms with van der Waals surface area (Å²) in [5, 5.41) is 0.178. The number of aryl methyl sites for hydroxylation is 1. The van der Waals surface area contributed by atoms with E-state index in [2.05, 4.69) is 19.7 Å². The molecule has 100 valence electrons. The second kappa shape index (κ2) is 5.94. The Bertz CT molecular complexity index is 649. The van der Waals surface area contributed by atoms with Crippen LogP contribution >= 0.6 is 11.6 Å². The maximum Gasteiger partial charge on any atom is 0.234 e. The molecule has 0 amide bonds. The van der Waals surface area contributed by atoms with Crippen LogP contribution in [-0.4, -0.2) is 29.1 Å². The summed E-state index contributed by atoms with van der Waals surface area (Å²) in [6, 6.07) is 6.71. The monoisotopic (exact) mass is 298 g/mol. The summed E-state index contributed by atoms with van der Waals surface area (Å²) in [7, 11) is -3.49. The molecular formula is C11H11ClN4O2S.